The molecule has 98 valence electrons. The predicted molar refractivity (Wildman–Crippen MR) is 72.7 cm³/mol. The third-order valence-electron chi connectivity index (χ3n) is 2.53. The van der Waals surface area contributed by atoms with Crippen molar-refractivity contribution >= 4 is 5.97 Å². The van der Waals surface area contributed by atoms with E-state index in [9.17, 15) is 4.79 Å². The zero-order chi connectivity index (χ0) is 12.8. The number of hydrogen-bond acceptors (Lipinski definition) is 2. The summed E-state index contributed by atoms with van der Waals surface area (Å²) in [5.41, 5.74) is 0. The van der Waals surface area contributed by atoms with Crippen LogP contribution in [0.3, 0.4) is 0 Å². The highest BCUT2D eigenvalue weighted by atomic mass is 16.5. The maximum atomic E-state index is 10.4. The Balaban J connectivity index is 3.19. The quantitative estimate of drug-likeness (QED) is 0.237. The molecule has 0 rings (SSSR count). The van der Waals surface area contributed by atoms with E-state index < -0.39 is 0 Å². The second-order valence-electron chi connectivity index (χ2n) is 4.28. The van der Waals surface area contributed by atoms with Gasteiger partial charge in [-0.25, -0.2) is 0 Å². The van der Waals surface area contributed by atoms with Crippen LogP contribution in [-0.2, 0) is 9.53 Å². The first-order valence-corrected chi connectivity index (χ1v) is 6.76. The highest BCUT2D eigenvalue weighted by Crippen LogP contribution is 2.08. The Kier molecular flexibility index (Phi) is 12.2. The van der Waals surface area contributed by atoms with Crippen molar-refractivity contribution in [3.05, 3.63) is 24.5 Å². The average Bonchev–Trinajstić information content (AvgIpc) is 2.30. The molecule has 0 saturated carbocycles. The van der Waals surface area contributed by atoms with Crippen molar-refractivity contribution in [2.24, 2.45) is 0 Å². The van der Waals surface area contributed by atoms with Gasteiger partial charge in [-0.3, -0.25) is 4.79 Å². The van der Waals surface area contributed by atoms with Gasteiger partial charge in [0.05, 0.1) is 6.26 Å². The number of allylic oxidation sites excluding steroid dienone is 3. The number of unbranched alkanes of at least 4 members (excludes halogenated alkanes) is 7. The number of carbonyl (C=O) groups excluding carboxylic acids is 1. The highest BCUT2D eigenvalue weighted by Gasteiger charge is 1.89. The van der Waals surface area contributed by atoms with E-state index in [1.54, 1.807) is 6.08 Å². The minimum atomic E-state index is -0.276. The van der Waals surface area contributed by atoms with Crippen molar-refractivity contribution in [3.63, 3.8) is 0 Å². The molecule has 0 spiro atoms. The van der Waals surface area contributed by atoms with Gasteiger partial charge in [-0.15, -0.1) is 0 Å². The van der Waals surface area contributed by atoms with Gasteiger partial charge in [0.1, 0.15) is 0 Å². The van der Waals surface area contributed by atoms with E-state index >= 15 is 0 Å². The van der Waals surface area contributed by atoms with Crippen molar-refractivity contribution in [2.75, 3.05) is 0 Å². The minimum Gasteiger partial charge on any atom is -0.435 e. The van der Waals surface area contributed by atoms with Gasteiger partial charge in [-0.05, 0) is 18.9 Å². The molecule has 0 saturated heterocycles. The predicted octanol–water partition coefficient (Wildman–Crippen LogP) is 4.76. The summed E-state index contributed by atoms with van der Waals surface area (Å²) in [5, 5.41) is 0. The number of carbonyl (C=O) groups is 1. The van der Waals surface area contributed by atoms with Crippen LogP contribution in [0.15, 0.2) is 24.5 Å². The summed E-state index contributed by atoms with van der Waals surface area (Å²) in [4.78, 5) is 10.4. The molecule has 0 heterocycles. The second-order valence-corrected chi connectivity index (χ2v) is 4.28. The molecule has 0 bridgehead atoms. The molecule has 0 aliphatic heterocycles. The van der Waals surface area contributed by atoms with Crippen molar-refractivity contribution < 1.29 is 9.53 Å². The molecule has 0 fully saturated rings. The first-order chi connectivity index (χ1) is 8.27. The van der Waals surface area contributed by atoms with E-state index in [1.165, 1.54) is 58.1 Å². The minimum absolute atomic E-state index is 0.276. The van der Waals surface area contributed by atoms with Crippen molar-refractivity contribution in [3.8, 4) is 0 Å². The largest absolute Gasteiger partial charge is 0.435 e. The van der Waals surface area contributed by atoms with E-state index in [4.69, 9.17) is 0 Å². The molecule has 17 heavy (non-hydrogen) atoms. The lowest BCUT2D eigenvalue weighted by Gasteiger charge is -1.98. The maximum absolute atomic E-state index is 10.4. The molecule has 2 heteroatoms. The smallest absolute Gasteiger partial charge is 0.307 e. The Morgan fingerprint density at radius 1 is 1.00 bits per heavy atom. The van der Waals surface area contributed by atoms with Crippen molar-refractivity contribution in [1.29, 1.82) is 0 Å². The van der Waals surface area contributed by atoms with Gasteiger partial charge in [-0.2, -0.15) is 0 Å². The Hall–Kier alpha value is -1.05. The summed E-state index contributed by atoms with van der Waals surface area (Å²) in [6.07, 6.45) is 17.7. The summed E-state index contributed by atoms with van der Waals surface area (Å²) in [5.74, 6) is -0.276. The Morgan fingerprint density at radius 2 is 1.65 bits per heavy atom. The Labute approximate surface area is 106 Å². The third kappa shape index (κ3) is 14.9. The molecule has 2 nitrogen and oxygen atoms in total. The van der Waals surface area contributed by atoms with Gasteiger partial charge in [0, 0.05) is 6.92 Å². The lowest BCUT2D eigenvalue weighted by atomic mass is 10.1. The van der Waals surface area contributed by atoms with Gasteiger partial charge < -0.3 is 4.74 Å². The van der Waals surface area contributed by atoms with Gasteiger partial charge in [0.25, 0.3) is 0 Å². The molecule has 0 aliphatic carbocycles. The summed E-state index contributed by atoms with van der Waals surface area (Å²) in [7, 11) is 0. The maximum Gasteiger partial charge on any atom is 0.307 e. The van der Waals surface area contributed by atoms with Crippen molar-refractivity contribution in [2.45, 2.75) is 65.2 Å². The Bertz CT molecular complexity index is 229. The fourth-order valence-corrected chi connectivity index (χ4v) is 1.57. The molecular formula is C15H26O2. The molecular weight excluding hydrogens is 212 g/mol. The molecule has 0 unspecified atom stereocenters. The van der Waals surface area contributed by atoms with Crippen LogP contribution in [-0.4, -0.2) is 5.97 Å². The fourth-order valence-electron chi connectivity index (χ4n) is 1.57. The third-order valence-corrected chi connectivity index (χ3v) is 2.53. The molecule has 0 radical (unpaired) electrons. The van der Waals surface area contributed by atoms with E-state index in [-0.39, 0.29) is 5.97 Å². The average molecular weight is 238 g/mol. The molecule has 0 amide bonds. The van der Waals surface area contributed by atoms with Crippen molar-refractivity contribution in [1.82, 2.24) is 0 Å². The lowest BCUT2D eigenvalue weighted by Crippen LogP contribution is -1.88. The topological polar surface area (TPSA) is 26.3 Å². The zero-order valence-electron chi connectivity index (χ0n) is 11.3. The lowest BCUT2D eigenvalue weighted by molar-refractivity contribution is -0.135. The molecule has 0 aliphatic rings. The first kappa shape index (κ1) is 16.0. The summed E-state index contributed by atoms with van der Waals surface area (Å²) < 4.78 is 4.65. The van der Waals surface area contributed by atoms with Gasteiger partial charge in [-0.1, -0.05) is 57.6 Å². The van der Waals surface area contributed by atoms with Crippen LogP contribution in [0.1, 0.15) is 65.2 Å². The van der Waals surface area contributed by atoms with Crippen LogP contribution in [0, 0.1) is 0 Å². The number of esters is 1. The molecule has 0 N–H and O–H groups in total. The molecule has 0 aromatic heterocycles. The highest BCUT2D eigenvalue weighted by molar-refractivity contribution is 5.66. The van der Waals surface area contributed by atoms with Crippen LogP contribution >= 0.6 is 0 Å². The van der Waals surface area contributed by atoms with E-state index in [2.05, 4.69) is 17.7 Å². The van der Waals surface area contributed by atoms with Gasteiger partial charge in [0.2, 0.25) is 0 Å². The SMILES string of the molecule is CCCCCCCCC/C=C\C=C\OC(C)=O. The summed E-state index contributed by atoms with van der Waals surface area (Å²) >= 11 is 0. The van der Waals surface area contributed by atoms with Crippen LogP contribution in [0.2, 0.25) is 0 Å². The van der Waals surface area contributed by atoms with Crippen LogP contribution in [0.5, 0.6) is 0 Å². The van der Waals surface area contributed by atoms with Crippen LogP contribution < -0.4 is 0 Å². The number of hydrogen-bond donors (Lipinski definition) is 0. The zero-order valence-corrected chi connectivity index (χ0v) is 11.3. The Morgan fingerprint density at radius 3 is 2.29 bits per heavy atom. The first-order valence-electron chi connectivity index (χ1n) is 6.76. The monoisotopic (exact) mass is 238 g/mol. The molecule has 0 aromatic rings. The van der Waals surface area contributed by atoms with Gasteiger partial charge >= 0.3 is 5.97 Å². The molecule has 0 aromatic carbocycles. The van der Waals surface area contributed by atoms with E-state index in [0.29, 0.717) is 0 Å². The summed E-state index contributed by atoms with van der Waals surface area (Å²) in [6.45, 7) is 3.64. The van der Waals surface area contributed by atoms with Crippen LogP contribution in [0.4, 0.5) is 0 Å². The second kappa shape index (κ2) is 13.0. The normalized spacial score (nSPS) is 11.4. The number of rotatable bonds is 10. The van der Waals surface area contributed by atoms with Gasteiger partial charge in [0.15, 0.2) is 0 Å². The summed E-state index contributed by atoms with van der Waals surface area (Å²) in [6, 6.07) is 0. The van der Waals surface area contributed by atoms with E-state index in [0.717, 1.165) is 6.42 Å². The van der Waals surface area contributed by atoms with E-state index in [1.807, 2.05) is 6.08 Å². The standard InChI is InChI=1S/C15H26O2/c1-3-4-5-6-7-8-9-10-11-12-13-14-17-15(2)16/h11-14H,3-10H2,1-2H3/b12-11-,14-13+. The molecule has 0 atom stereocenters. The fraction of sp³-hybridized carbons (Fsp3) is 0.667. The van der Waals surface area contributed by atoms with Crippen LogP contribution in [0.25, 0.3) is 0 Å². The number of ether oxygens (including phenoxy) is 1.